The highest BCUT2D eigenvalue weighted by molar-refractivity contribution is 5.94. The number of alkyl halides is 3. The number of nitrogens with zero attached hydrogens (tertiary/aromatic N) is 3. The second kappa shape index (κ2) is 7.18. The molecule has 0 spiro atoms. The number of aryl methyl sites for hydroxylation is 1. The van der Waals surface area contributed by atoms with E-state index < -0.39 is 29.6 Å². The highest BCUT2D eigenvalue weighted by Gasteiger charge is 2.32. The van der Waals surface area contributed by atoms with E-state index in [4.69, 9.17) is 0 Å². The number of pyridine rings is 1. The summed E-state index contributed by atoms with van der Waals surface area (Å²) in [5.41, 5.74) is -0.554. The molecule has 0 aliphatic carbocycles. The Labute approximate surface area is 151 Å². The van der Waals surface area contributed by atoms with Crippen LogP contribution in [0.15, 0.2) is 55.0 Å². The van der Waals surface area contributed by atoms with E-state index in [1.807, 2.05) is 0 Å². The summed E-state index contributed by atoms with van der Waals surface area (Å²) >= 11 is 0. The Morgan fingerprint density at radius 3 is 2.33 bits per heavy atom. The summed E-state index contributed by atoms with van der Waals surface area (Å²) in [4.78, 5) is 20.0. The minimum atomic E-state index is -4.58. The van der Waals surface area contributed by atoms with Crippen molar-refractivity contribution in [2.24, 2.45) is 7.05 Å². The Morgan fingerprint density at radius 2 is 1.81 bits per heavy atom. The molecule has 27 heavy (non-hydrogen) atoms. The molecule has 140 valence electrons. The second-order valence-electron chi connectivity index (χ2n) is 5.78. The topological polar surface area (TPSA) is 59.8 Å². The molecule has 5 nitrogen and oxygen atoms in total. The van der Waals surface area contributed by atoms with Crippen molar-refractivity contribution in [2.45, 2.75) is 12.2 Å². The van der Waals surface area contributed by atoms with Gasteiger partial charge < -0.3 is 9.88 Å². The van der Waals surface area contributed by atoms with Crippen molar-refractivity contribution >= 4 is 5.91 Å². The largest absolute Gasteiger partial charge is 0.433 e. The summed E-state index contributed by atoms with van der Waals surface area (Å²) in [6, 6.07) is 6.56. The van der Waals surface area contributed by atoms with Crippen molar-refractivity contribution in [1.82, 2.24) is 19.9 Å². The summed E-state index contributed by atoms with van der Waals surface area (Å²) in [5.74, 6) is -0.584. The van der Waals surface area contributed by atoms with E-state index in [-0.39, 0.29) is 5.56 Å². The molecule has 0 aliphatic rings. The van der Waals surface area contributed by atoms with Crippen LogP contribution in [-0.2, 0) is 13.2 Å². The number of halogens is 4. The quantitative estimate of drug-likeness (QED) is 0.707. The minimum Gasteiger partial charge on any atom is -0.338 e. The van der Waals surface area contributed by atoms with Gasteiger partial charge in [0.2, 0.25) is 0 Å². The van der Waals surface area contributed by atoms with E-state index in [0.29, 0.717) is 11.4 Å². The molecule has 0 saturated heterocycles. The Balaban J connectivity index is 1.89. The first kappa shape index (κ1) is 18.6. The Bertz CT molecular complexity index is 933. The van der Waals surface area contributed by atoms with E-state index >= 15 is 0 Å². The van der Waals surface area contributed by atoms with Crippen LogP contribution in [0.25, 0.3) is 0 Å². The normalized spacial score (nSPS) is 12.6. The van der Waals surface area contributed by atoms with Gasteiger partial charge in [-0.2, -0.15) is 13.2 Å². The van der Waals surface area contributed by atoms with Crippen LogP contribution in [0.4, 0.5) is 17.6 Å². The lowest BCUT2D eigenvalue weighted by Crippen LogP contribution is -2.31. The molecule has 0 saturated carbocycles. The lowest BCUT2D eigenvalue weighted by molar-refractivity contribution is -0.141. The summed E-state index contributed by atoms with van der Waals surface area (Å²) in [5, 5.41) is 2.70. The van der Waals surface area contributed by atoms with Crippen molar-refractivity contribution in [3.05, 3.63) is 83.5 Å². The lowest BCUT2D eigenvalue weighted by Gasteiger charge is -2.19. The van der Waals surface area contributed by atoms with Crippen LogP contribution in [-0.4, -0.2) is 20.4 Å². The van der Waals surface area contributed by atoms with Crippen molar-refractivity contribution in [1.29, 1.82) is 0 Å². The predicted molar refractivity (Wildman–Crippen MR) is 88.2 cm³/mol. The molecule has 2 heterocycles. The molecule has 9 heteroatoms. The van der Waals surface area contributed by atoms with Gasteiger partial charge in [-0.05, 0) is 29.8 Å². The van der Waals surface area contributed by atoms with Gasteiger partial charge in [0.1, 0.15) is 23.4 Å². The third kappa shape index (κ3) is 4.13. The Morgan fingerprint density at radius 1 is 1.11 bits per heavy atom. The number of nitrogens with one attached hydrogen (secondary N) is 1. The molecule has 3 rings (SSSR count). The van der Waals surface area contributed by atoms with Crippen molar-refractivity contribution < 1.29 is 22.4 Å². The van der Waals surface area contributed by atoms with E-state index in [9.17, 15) is 22.4 Å². The number of carbonyl (C=O) groups excluding carboxylic acids is 1. The molecule has 1 aromatic carbocycles. The van der Waals surface area contributed by atoms with Gasteiger partial charge in [-0.15, -0.1) is 0 Å². The summed E-state index contributed by atoms with van der Waals surface area (Å²) < 4.78 is 52.7. The smallest absolute Gasteiger partial charge is 0.338 e. The lowest BCUT2D eigenvalue weighted by atomic mass is 10.1. The molecule has 1 N–H and O–H groups in total. The average Bonchev–Trinajstić information content (AvgIpc) is 3.05. The van der Waals surface area contributed by atoms with Crippen LogP contribution in [0.3, 0.4) is 0 Å². The third-order valence-corrected chi connectivity index (χ3v) is 3.91. The van der Waals surface area contributed by atoms with Gasteiger partial charge in [-0.3, -0.25) is 9.78 Å². The first-order valence-electron chi connectivity index (χ1n) is 7.82. The van der Waals surface area contributed by atoms with E-state index in [1.54, 1.807) is 17.8 Å². The van der Waals surface area contributed by atoms with E-state index in [2.05, 4.69) is 15.3 Å². The number of hydrogen-bond acceptors (Lipinski definition) is 3. The van der Waals surface area contributed by atoms with Gasteiger partial charge in [0.05, 0.1) is 5.56 Å². The number of imidazole rings is 1. The van der Waals surface area contributed by atoms with Crippen LogP contribution in [0.5, 0.6) is 0 Å². The van der Waals surface area contributed by atoms with Crippen LogP contribution >= 0.6 is 0 Å². The molecule has 0 bridgehead atoms. The van der Waals surface area contributed by atoms with E-state index in [1.165, 1.54) is 30.5 Å². The summed E-state index contributed by atoms with van der Waals surface area (Å²) in [7, 11) is 1.73. The fourth-order valence-corrected chi connectivity index (χ4v) is 2.52. The molecule has 0 fully saturated rings. The zero-order chi connectivity index (χ0) is 19.6. The number of hydrogen-bond donors (Lipinski definition) is 1. The molecule has 0 aliphatic heterocycles. The molecule has 1 atom stereocenters. The zero-order valence-corrected chi connectivity index (χ0v) is 14.0. The molecule has 1 amide bonds. The highest BCUT2D eigenvalue weighted by Crippen LogP contribution is 2.27. The molecule has 1 unspecified atom stereocenters. The molecular weight excluding hydrogens is 364 g/mol. The number of aromatic nitrogens is 3. The van der Waals surface area contributed by atoms with Crippen molar-refractivity contribution in [3.63, 3.8) is 0 Å². The maximum atomic E-state index is 13.2. The average molecular weight is 378 g/mol. The number of rotatable bonds is 4. The SMILES string of the molecule is Cn1ccnc1C(NC(=O)c1ccc(C(F)(F)F)nc1)c1ccc(F)cc1. The van der Waals surface area contributed by atoms with E-state index in [0.717, 1.165) is 18.3 Å². The monoisotopic (exact) mass is 378 g/mol. The molecular formula is C18H14F4N4O. The van der Waals surface area contributed by atoms with Gasteiger partial charge in [-0.1, -0.05) is 12.1 Å². The second-order valence-corrected chi connectivity index (χ2v) is 5.78. The van der Waals surface area contributed by atoms with Crippen molar-refractivity contribution in [3.8, 4) is 0 Å². The highest BCUT2D eigenvalue weighted by atomic mass is 19.4. The summed E-state index contributed by atoms with van der Waals surface area (Å²) in [6.45, 7) is 0. The maximum absolute atomic E-state index is 13.2. The van der Waals surface area contributed by atoms with Gasteiger partial charge in [0, 0.05) is 25.6 Å². The standard InChI is InChI=1S/C18H14F4N4O/c1-26-9-8-23-16(26)15(11-2-5-13(19)6-3-11)25-17(27)12-4-7-14(24-10-12)18(20,21)22/h2-10,15H,1H3,(H,25,27). The Hall–Kier alpha value is -3.23. The number of amides is 1. The summed E-state index contributed by atoms with van der Waals surface area (Å²) in [6.07, 6.45) is -0.508. The molecule has 0 radical (unpaired) electrons. The fourth-order valence-electron chi connectivity index (χ4n) is 2.52. The molecule has 2 aromatic heterocycles. The number of carbonyl (C=O) groups is 1. The van der Waals surface area contributed by atoms with Crippen LogP contribution in [0.2, 0.25) is 0 Å². The zero-order valence-electron chi connectivity index (χ0n) is 14.0. The van der Waals surface area contributed by atoms with Gasteiger partial charge in [-0.25, -0.2) is 9.37 Å². The van der Waals surface area contributed by atoms with Gasteiger partial charge >= 0.3 is 6.18 Å². The third-order valence-electron chi connectivity index (χ3n) is 3.91. The maximum Gasteiger partial charge on any atom is 0.433 e. The number of benzene rings is 1. The van der Waals surface area contributed by atoms with Crippen LogP contribution in [0.1, 0.15) is 33.5 Å². The van der Waals surface area contributed by atoms with Crippen LogP contribution in [0, 0.1) is 5.82 Å². The Kier molecular flexibility index (Phi) is 4.93. The molecule has 3 aromatic rings. The minimum absolute atomic E-state index is 0.0377. The van der Waals surface area contributed by atoms with Crippen LogP contribution < -0.4 is 5.32 Å². The first-order valence-corrected chi connectivity index (χ1v) is 7.82. The van der Waals surface area contributed by atoms with Gasteiger partial charge in [0.25, 0.3) is 5.91 Å². The first-order chi connectivity index (χ1) is 12.8. The van der Waals surface area contributed by atoms with Gasteiger partial charge in [0.15, 0.2) is 0 Å². The predicted octanol–water partition coefficient (Wildman–Crippen LogP) is 3.49. The fraction of sp³-hybridized carbons (Fsp3) is 0.167. The van der Waals surface area contributed by atoms with Crippen molar-refractivity contribution in [2.75, 3.05) is 0 Å².